The lowest BCUT2D eigenvalue weighted by molar-refractivity contribution is -0.160. The van der Waals surface area contributed by atoms with Crippen molar-refractivity contribution >= 4 is 41.0 Å². The van der Waals surface area contributed by atoms with E-state index >= 15 is 0 Å². The van der Waals surface area contributed by atoms with Crippen molar-refractivity contribution in [2.75, 3.05) is 28.4 Å². The van der Waals surface area contributed by atoms with Crippen molar-refractivity contribution in [3.05, 3.63) is 70.8 Å². The van der Waals surface area contributed by atoms with Crippen LogP contribution in [0.5, 0.6) is 0 Å². The number of esters is 4. The highest BCUT2D eigenvalue weighted by molar-refractivity contribution is 6.04. The maximum Gasteiger partial charge on any atom is 0.320 e. The summed E-state index contributed by atoms with van der Waals surface area (Å²) in [5.74, 6) is -5.22. The molecule has 212 valence electrons. The van der Waals surface area contributed by atoms with Crippen LogP contribution >= 0.6 is 0 Å². The zero-order valence-electron chi connectivity index (χ0n) is 22.9. The molecule has 0 saturated carbocycles. The number of carbonyl (C=O) groups excluding carboxylic acids is 5. The predicted molar refractivity (Wildman–Crippen MR) is 142 cm³/mol. The molecule has 0 spiro atoms. The highest BCUT2D eigenvalue weighted by Gasteiger charge is 2.32. The van der Waals surface area contributed by atoms with E-state index in [4.69, 9.17) is 23.7 Å². The van der Waals surface area contributed by atoms with E-state index in [1.54, 1.807) is 24.3 Å². The molecule has 0 aliphatic carbocycles. The second-order valence-electron chi connectivity index (χ2n) is 9.00. The Balaban J connectivity index is 2.01. The van der Waals surface area contributed by atoms with E-state index in [1.807, 2.05) is 24.3 Å². The van der Waals surface area contributed by atoms with Gasteiger partial charge in [0.1, 0.15) is 12.4 Å². The highest BCUT2D eigenvalue weighted by Crippen LogP contribution is 2.39. The van der Waals surface area contributed by atoms with Crippen LogP contribution in [0.2, 0.25) is 0 Å². The molecular formula is C30H32O10. The Bertz CT molecular complexity index is 1280. The zero-order chi connectivity index (χ0) is 29.2. The second kappa shape index (κ2) is 14.1. The Morgan fingerprint density at radius 1 is 0.700 bits per heavy atom. The molecule has 0 unspecified atom stereocenters. The van der Waals surface area contributed by atoms with Crippen molar-refractivity contribution in [2.45, 2.75) is 32.3 Å². The van der Waals surface area contributed by atoms with Crippen molar-refractivity contribution in [1.29, 1.82) is 0 Å². The van der Waals surface area contributed by atoms with E-state index in [2.05, 4.69) is 0 Å². The monoisotopic (exact) mass is 552 g/mol. The molecule has 0 aromatic heterocycles. The van der Waals surface area contributed by atoms with E-state index in [0.29, 0.717) is 22.5 Å². The molecule has 1 aliphatic heterocycles. The molecule has 2 aromatic rings. The summed E-state index contributed by atoms with van der Waals surface area (Å²) < 4.78 is 25.2. The molecule has 10 nitrogen and oxygen atoms in total. The fourth-order valence-corrected chi connectivity index (χ4v) is 4.64. The summed E-state index contributed by atoms with van der Waals surface area (Å²) in [6, 6.07) is 14.4. The summed E-state index contributed by atoms with van der Waals surface area (Å²) in [5, 5.41) is 0. The van der Waals surface area contributed by atoms with Gasteiger partial charge in [-0.25, -0.2) is 0 Å². The van der Waals surface area contributed by atoms with Gasteiger partial charge in [-0.3, -0.25) is 24.0 Å². The summed E-state index contributed by atoms with van der Waals surface area (Å²) >= 11 is 0. The van der Waals surface area contributed by atoms with E-state index in [1.165, 1.54) is 14.2 Å². The average molecular weight is 553 g/mol. The van der Waals surface area contributed by atoms with Crippen LogP contribution in [0.25, 0.3) is 11.3 Å². The van der Waals surface area contributed by atoms with E-state index in [-0.39, 0.29) is 38.1 Å². The molecule has 0 N–H and O–H groups in total. The number of methoxy groups -OCH3 is 4. The first-order valence-electron chi connectivity index (χ1n) is 12.6. The molecule has 0 atom stereocenters. The van der Waals surface area contributed by atoms with Crippen molar-refractivity contribution in [2.24, 2.45) is 11.8 Å². The normalized spacial score (nSPS) is 12.3. The first kappa shape index (κ1) is 30.1. The lowest BCUT2D eigenvalue weighted by atomic mass is 9.87. The number of ketones is 1. The molecule has 0 radical (unpaired) electrons. The molecule has 0 bridgehead atoms. The van der Waals surface area contributed by atoms with Gasteiger partial charge in [-0.2, -0.15) is 0 Å². The Morgan fingerprint density at radius 3 is 1.77 bits per heavy atom. The van der Waals surface area contributed by atoms with Gasteiger partial charge >= 0.3 is 23.9 Å². The summed E-state index contributed by atoms with van der Waals surface area (Å²) in [7, 11) is 4.73. The Hall–Kier alpha value is -4.47. The second-order valence-corrected chi connectivity index (χ2v) is 9.00. The molecule has 10 heteroatoms. The molecule has 1 heterocycles. The Morgan fingerprint density at radius 2 is 1.20 bits per heavy atom. The molecule has 40 heavy (non-hydrogen) atoms. The van der Waals surface area contributed by atoms with Crippen molar-refractivity contribution in [3.63, 3.8) is 0 Å². The van der Waals surface area contributed by atoms with E-state index < -0.39 is 35.7 Å². The third-order valence-corrected chi connectivity index (χ3v) is 6.75. The van der Waals surface area contributed by atoms with E-state index in [0.717, 1.165) is 25.3 Å². The Kier molecular flexibility index (Phi) is 10.6. The third-order valence-electron chi connectivity index (χ3n) is 6.75. The number of benzene rings is 2. The number of hydrogen-bond acceptors (Lipinski definition) is 10. The van der Waals surface area contributed by atoms with Crippen LogP contribution in [0.3, 0.4) is 0 Å². The van der Waals surface area contributed by atoms with Gasteiger partial charge in [0.15, 0.2) is 17.6 Å². The minimum absolute atomic E-state index is 0.0892. The summed E-state index contributed by atoms with van der Waals surface area (Å²) in [6.45, 7) is 0.252. The minimum Gasteiger partial charge on any atom is -0.488 e. The van der Waals surface area contributed by atoms with Crippen LogP contribution in [0.1, 0.15) is 52.7 Å². The lowest BCUT2D eigenvalue weighted by Crippen LogP contribution is -2.27. The molecule has 0 saturated heterocycles. The summed E-state index contributed by atoms with van der Waals surface area (Å²) in [6.07, 6.45) is 0.113. The first-order chi connectivity index (χ1) is 19.3. The minimum atomic E-state index is -1.23. The van der Waals surface area contributed by atoms with Crippen LogP contribution in [-0.2, 0) is 49.5 Å². The van der Waals surface area contributed by atoms with Crippen molar-refractivity contribution in [3.8, 4) is 0 Å². The van der Waals surface area contributed by atoms with Gasteiger partial charge in [0.05, 0.1) is 28.4 Å². The van der Waals surface area contributed by atoms with E-state index in [9.17, 15) is 24.0 Å². The molecule has 3 rings (SSSR count). The fraction of sp³-hybridized carbons (Fsp3) is 0.367. The van der Waals surface area contributed by atoms with Gasteiger partial charge in [-0.05, 0) is 30.4 Å². The molecular weight excluding hydrogens is 520 g/mol. The van der Waals surface area contributed by atoms with Crippen LogP contribution in [0, 0.1) is 11.8 Å². The van der Waals surface area contributed by atoms with Crippen LogP contribution in [0.4, 0.5) is 0 Å². The smallest absolute Gasteiger partial charge is 0.320 e. The topological polar surface area (TPSA) is 132 Å². The maximum atomic E-state index is 13.4. The standard InChI is InChI=1S/C30H32O10/c1-36-27(32)23(28(33)37-2)14-13-22-19-10-6-5-9-18(19)17-40-26(22)21-12-8-7-11-20(21)25(31)16-15-24(29(34)38-3)30(35)39-4/h5-12,23-24H,13-17H2,1-4H3. The number of ether oxygens (including phenoxy) is 5. The number of allylic oxidation sites excluding steroid dienone is 1. The summed E-state index contributed by atoms with van der Waals surface area (Å²) in [5.41, 5.74) is 3.34. The van der Waals surface area contributed by atoms with Crippen LogP contribution < -0.4 is 0 Å². The molecule has 0 fully saturated rings. The highest BCUT2D eigenvalue weighted by atomic mass is 16.6. The van der Waals surface area contributed by atoms with Crippen molar-refractivity contribution in [1.82, 2.24) is 0 Å². The van der Waals surface area contributed by atoms with Gasteiger partial charge < -0.3 is 23.7 Å². The van der Waals surface area contributed by atoms with Gasteiger partial charge in [-0.15, -0.1) is 0 Å². The maximum absolute atomic E-state index is 13.4. The number of carbonyl (C=O) groups is 5. The SMILES string of the molecule is COC(=O)C(CCC(=O)c1ccccc1C1=C(CCC(C(=O)OC)C(=O)OC)c2ccccc2CO1)C(=O)OC. The zero-order valence-corrected chi connectivity index (χ0v) is 22.9. The summed E-state index contributed by atoms with van der Waals surface area (Å²) in [4.78, 5) is 62.2. The van der Waals surface area contributed by atoms with Crippen LogP contribution in [-0.4, -0.2) is 58.1 Å². The fourth-order valence-electron chi connectivity index (χ4n) is 4.64. The molecule has 0 amide bonds. The largest absolute Gasteiger partial charge is 0.488 e. The lowest BCUT2D eigenvalue weighted by Gasteiger charge is -2.26. The van der Waals surface area contributed by atoms with Gasteiger partial charge in [0.2, 0.25) is 0 Å². The average Bonchev–Trinajstić information content (AvgIpc) is 3.00. The number of hydrogen-bond donors (Lipinski definition) is 0. The van der Waals surface area contributed by atoms with Gasteiger partial charge in [0.25, 0.3) is 0 Å². The van der Waals surface area contributed by atoms with Gasteiger partial charge in [-0.1, -0.05) is 48.5 Å². The third kappa shape index (κ3) is 6.74. The number of Topliss-reactive ketones (excluding diaryl/α,β-unsaturated/α-hetero) is 1. The van der Waals surface area contributed by atoms with Gasteiger partial charge in [0, 0.05) is 23.1 Å². The Labute approximate surface area is 232 Å². The quantitative estimate of drug-likeness (QED) is 0.166. The number of rotatable bonds is 12. The molecule has 2 aromatic carbocycles. The predicted octanol–water partition coefficient (Wildman–Crippen LogP) is 3.75. The first-order valence-corrected chi connectivity index (χ1v) is 12.6. The van der Waals surface area contributed by atoms with Crippen molar-refractivity contribution < 1.29 is 47.7 Å². The number of fused-ring (bicyclic) bond motifs is 1. The molecule has 1 aliphatic rings. The van der Waals surface area contributed by atoms with Crippen LogP contribution in [0.15, 0.2) is 48.5 Å².